The fourth-order valence-corrected chi connectivity index (χ4v) is 2.10. The van der Waals surface area contributed by atoms with Gasteiger partial charge in [-0.3, -0.25) is 0 Å². The van der Waals surface area contributed by atoms with E-state index in [1.54, 1.807) is 0 Å². The first kappa shape index (κ1) is 14.1. The van der Waals surface area contributed by atoms with Gasteiger partial charge in [-0.2, -0.15) is 0 Å². The van der Waals surface area contributed by atoms with Crippen molar-refractivity contribution >= 4 is 11.7 Å². The van der Waals surface area contributed by atoms with Gasteiger partial charge in [-0.1, -0.05) is 12.1 Å². The molecule has 0 heterocycles. The highest BCUT2D eigenvalue weighted by atomic mass is 19.1. The zero-order valence-electron chi connectivity index (χ0n) is 11.4. The van der Waals surface area contributed by atoms with Crippen molar-refractivity contribution in [1.29, 1.82) is 0 Å². The van der Waals surface area contributed by atoms with E-state index >= 15 is 0 Å². The van der Waals surface area contributed by atoms with Crippen LogP contribution in [0.1, 0.15) is 21.5 Å². The monoisotopic (exact) mass is 273 g/mol. The molecule has 2 aromatic carbocycles. The van der Waals surface area contributed by atoms with Crippen molar-refractivity contribution in [3.63, 3.8) is 0 Å². The number of carboxylic acids is 1. The lowest BCUT2D eigenvalue weighted by molar-refractivity contribution is 0.0696. The summed E-state index contributed by atoms with van der Waals surface area (Å²) in [6, 6.07) is 11.8. The van der Waals surface area contributed by atoms with Crippen LogP contribution < -0.4 is 4.90 Å². The molecule has 2 rings (SSSR count). The van der Waals surface area contributed by atoms with E-state index in [1.165, 1.54) is 12.1 Å². The highest BCUT2D eigenvalue weighted by Crippen LogP contribution is 2.18. The lowest BCUT2D eigenvalue weighted by Crippen LogP contribution is -2.17. The van der Waals surface area contributed by atoms with Crippen molar-refractivity contribution in [3.8, 4) is 0 Å². The molecule has 0 aliphatic rings. The summed E-state index contributed by atoms with van der Waals surface area (Å²) in [7, 11) is 1.89. The molecule has 0 saturated heterocycles. The largest absolute Gasteiger partial charge is 0.478 e. The number of nitrogens with zero attached hydrogens (tertiary/aromatic N) is 1. The second-order valence-electron chi connectivity index (χ2n) is 4.85. The zero-order valence-corrected chi connectivity index (χ0v) is 11.4. The van der Waals surface area contributed by atoms with Gasteiger partial charge in [-0.05, 0) is 48.4 Å². The molecule has 20 heavy (non-hydrogen) atoms. The molecular formula is C16H16FNO2. The van der Waals surface area contributed by atoms with Crippen molar-refractivity contribution < 1.29 is 14.3 Å². The molecule has 0 bridgehead atoms. The van der Waals surface area contributed by atoms with Gasteiger partial charge in [-0.25, -0.2) is 9.18 Å². The maximum absolute atomic E-state index is 13.4. The maximum atomic E-state index is 13.4. The quantitative estimate of drug-likeness (QED) is 0.927. The van der Waals surface area contributed by atoms with Gasteiger partial charge in [0.1, 0.15) is 5.82 Å². The molecule has 0 unspecified atom stereocenters. The number of aryl methyl sites for hydroxylation is 1. The first-order valence-corrected chi connectivity index (χ1v) is 6.26. The molecule has 4 heteroatoms. The molecule has 0 aliphatic heterocycles. The van der Waals surface area contributed by atoms with Crippen LogP contribution in [-0.2, 0) is 6.54 Å². The van der Waals surface area contributed by atoms with Crippen LogP contribution >= 0.6 is 0 Å². The van der Waals surface area contributed by atoms with Crippen LogP contribution in [0, 0.1) is 12.7 Å². The lowest BCUT2D eigenvalue weighted by atomic mass is 10.1. The first-order valence-electron chi connectivity index (χ1n) is 6.26. The van der Waals surface area contributed by atoms with Gasteiger partial charge in [0.15, 0.2) is 0 Å². The molecule has 104 valence electrons. The minimum absolute atomic E-state index is 0.0300. The molecule has 0 atom stereocenters. The van der Waals surface area contributed by atoms with E-state index in [4.69, 9.17) is 5.11 Å². The average Bonchev–Trinajstić information content (AvgIpc) is 2.37. The number of halogens is 1. The van der Waals surface area contributed by atoms with E-state index in [0.29, 0.717) is 12.1 Å². The fraction of sp³-hybridized carbons (Fsp3) is 0.188. The zero-order chi connectivity index (χ0) is 14.7. The standard InChI is InChI=1S/C16H16FNO2/c1-11-4-3-5-15(6-11)18(2)10-12-7-13(16(19)20)9-14(17)8-12/h3-9H,10H2,1-2H3,(H,19,20). The van der Waals surface area contributed by atoms with Crippen LogP contribution in [0.4, 0.5) is 10.1 Å². The summed E-state index contributed by atoms with van der Waals surface area (Å²) in [6.45, 7) is 2.45. The third-order valence-electron chi connectivity index (χ3n) is 3.07. The third-order valence-corrected chi connectivity index (χ3v) is 3.07. The second-order valence-corrected chi connectivity index (χ2v) is 4.85. The average molecular weight is 273 g/mol. The van der Waals surface area contributed by atoms with Gasteiger partial charge in [-0.15, -0.1) is 0 Å². The Balaban J connectivity index is 2.23. The van der Waals surface area contributed by atoms with Crippen LogP contribution in [-0.4, -0.2) is 18.1 Å². The molecule has 1 N–H and O–H groups in total. The normalized spacial score (nSPS) is 10.3. The Hall–Kier alpha value is -2.36. The van der Waals surface area contributed by atoms with E-state index in [2.05, 4.69) is 0 Å². The lowest BCUT2D eigenvalue weighted by Gasteiger charge is -2.20. The molecule has 0 aromatic heterocycles. The van der Waals surface area contributed by atoms with E-state index in [0.717, 1.165) is 17.3 Å². The summed E-state index contributed by atoms with van der Waals surface area (Å²) in [6.07, 6.45) is 0. The summed E-state index contributed by atoms with van der Waals surface area (Å²) >= 11 is 0. The number of carboxylic acid groups (broad SMARTS) is 1. The molecule has 0 spiro atoms. The number of benzene rings is 2. The van der Waals surface area contributed by atoms with Gasteiger partial charge in [0.05, 0.1) is 5.56 Å². The molecule has 0 fully saturated rings. The molecule has 3 nitrogen and oxygen atoms in total. The Kier molecular flexibility index (Phi) is 4.03. The maximum Gasteiger partial charge on any atom is 0.335 e. The molecule has 0 saturated carbocycles. The Morgan fingerprint density at radius 1 is 1.25 bits per heavy atom. The molecule has 2 aromatic rings. The van der Waals surface area contributed by atoms with Gasteiger partial charge in [0.25, 0.3) is 0 Å². The first-order chi connectivity index (χ1) is 9.45. The predicted octanol–water partition coefficient (Wildman–Crippen LogP) is 3.47. The summed E-state index contributed by atoms with van der Waals surface area (Å²) < 4.78 is 13.4. The van der Waals surface area contributed by atoms with Crippen LogP contribution in [0.5, 0.6) is 0 Å². The highest BCUT2D eigenvalue weighted by Gasteiger charge is 2.09. The Bertz CT molecular complexity index is 640. The van der Waals surface area contributed by atoms with E-state index < -0.39 is 11.8 Å². The van der Waals surface area contributed by atoms with Crippen molar-refractivity contribution in [2.24, 2.45) is 0 Å². The minimum Gasteiger partial charge on any atom is -0.478 e. The third kappa shape index (κ3) is 3.35. The minimum atomic E-state index is -1.12. The Morgan fingerprint density at radius 2 is 2.00 bits per heavy atom. The Morgan fingerprint density at radius 3 is 2.65 bits per heavy atom. The van der Waals surface area contributed by atoms with E-state index in [1.807, 2.05) is 43.1 Å². The molecule has 0 aliphatic carbocycles. The highest BCUT2D eigenvalue weighted by molar-refractivity contribution is 5.87. The van der Waals surface area contributed by atoms with Gasteiger partial charge in [0, 0.05) is 19.3 Å². The summed E-state index contributed by atoms with van der Waals surface area (Å²) in [5.74, 6) is -1.65. The van der Waals surface area contributed by atoms with E-state index in [-0.39, 0.29) is 5.56 Å². The van der Waals surface area contributed by atoms with Crippen LogP contribution in [0.15, 0.2) is 42.5 Å². The SMILES string of the molecule is Cc1cccc(N(C)Cc2cc(F)cc(C(=O)O)c2)c1. The van der Waals surface area contributed by atoms with Crippen molar-refractivity contribution in [2.45, 2.75) is 13.5 Å². The number of anilines is 1. The Labute approximate surface area is 117 Å². The summed E-state index contributed by atoms with van der Waals surface area (Å²) in [4.78, 5) is 12.9. The molecule has 0 amide bonds. The summed E-state index contributed by atoms with van der Waals surface area (Å²) in [5.41, 5.74) is 2.75. The van der Waals surface area contributed by atoms with Crippen molar-refractivity contribution in [2.75, 3.05) is 11.9 Å². The van der Waals surface area contributed by atoms with Crippen LogP contribution in [0.3, 0.4) is 0 Å². The van der Waals surface area contributed by atoms with Gasteiger partial charge < -0.3 is 10.0 Å². The van der Waals surface area contributed by atoms with Crippen LogP contribution in [0.25, 0.3) is 0 Å². The number of hydrogen-bond donors (Lipinski definition) is 1. The number of rotatable bonds is 4. The molecule has 0 radical (unpaired) electrons. The van der Waals surface area contributed by atoms with Crippen molar-refractivity contribution in [1.82, 2.24) is 0 Å². The fourth-order valence-electron chi connectivity index (χ4n) is 2.10. The second kappa shape index (κ2) is 5.74. The van der Waals surface area contributed by atoms with Crippen LogP contribution in [0.2, 0.25) is 0 Å². The topological polar surface area (TPSA) is 40.5 Å². The summed E-state index contributed by atoms with van der Waals surface area (Å²) in [5, 5.41) is 8.94. The van der Waals surface area contributed by atoms with Crippen molar-refractivity contribution in [3.05, 3.63) is 65.0 Å². The number of aromatic carboxylic acids is 1. The van der Waals surface area contributed by atoms with E-state index in [9.17, 15) is 9.18 Å². The van der Waals surface area contributed by atoms with Gasteiger partial charge in [0.2, 0.25) is 0 Å². The number of hydrogen-bond acceptors (Lipinski definition) is 2. The molecular weight excluding hydrogens is 257 g/mol. The number of carbonyl (C=O) groups is 1. The smallest absolute Gasteiger partial charge is 0.335 e. The van der Waals surface area contributed by atoms with Gasteiger partial charge >= 0.3 is 5.97 Å². The predicted molar refractivity (Wildman–Crippen MR) is 76.6 cm³/mol.